The molecule has 41 heavy (non-hydrogen) atoms. The first kappa shape index (κ1) is 28.3. The number of piperazine rings is 1. The fourth-order valence-corrected chi connectivity index (χ4v) is 5.77. The Hall–Kier alpha value is -4.27. The number of anilines is 3. The summed E-state index contributed by atoms with van der Waals surface area (Å²) in [6, 6.07) is 21.6. The first-order chi connectivity index (χ1) is 19.9. The van der Waals surface area contributed by atoms with Crippen molar-refractivity contribution in [2.45, 2.75) is 26.3 Å². The molecule has 1 saturated heterocycles. The SMILES string of the molecule is C/C(=C(\Nc1ccc2c(c1)CC(C)N2C(=O)CN1CCN(C)CC1)c1ccccc1)c1ccc(C=O)cc1NC=O. The summed E-state index contributed by atoms with van der Waals surface area (Å²) in [5.74, 6) is 0.149. The summed E-state index contributed by atoms with van der Waals surface area (Å²) in [7, 11) is 2.12. The molecule has 3 aromatic carbocycles. The van der Waals surface area contributed by atoms with E-state index in [9.17, 15) is 14.4 Å². The molecule has 5 rings (SSSR count). The number of nitrogens with one attached hydrogen (secondary N) is 2. The monoisotopic (exact) mass is 551 g/mol. The lowest BCUT2D eigenvalue weighted by Gasteiger charge is -2.33. The van der Waals surface area contributed by atoms with Crippen LogP contribution in [-0.2, 0) is 16.0 Å². The Kier molecular flexibility index (Phi) is 8.61. The van der Waals surface area contributed by atoms with Gasteiger partial charge in [0.05, 0.1) is 6.54 Å². The van der Waals surface area contributed by atoms with Gasteiger partial charge in [-0.2, -0.15) is 0 Å². The molecule has 1 unspecified atom stereocenters. The van der Waals surface area contributed by atoms with Crippen LogP contribution in [0.4, 0.5) is 17.1 Å². The molecule has 2 aliphatic heterocycles. The Balaban J connectivity index is 1.44. The molecule has 1 atom stereocenters. The number of amides is 2. The first-order valence-corrected chi connectivity index (χ1v) is 14.1. The van der Waals surface area contributed by atoms with Crippen molar-refractivity contribution in [2.24, 2.45) is 0 Å². The molecule has 0 bridgehead atoms. The van der Waals surface area contributed by atoms with Crippen molar-refractivity contribution in [3.8, 4) is 0 Å². The zero-order chi connectivity index (χ0) is 28.9. The second-order valence-corrected chi connectivity index (χ2v) is 10.9. The van der Waals surface area contributed by atoms with Crippen molar-refractivity contribution < 1.29 is 14.4 Å². The van der Waals surface area contributed by atoms with Gasteiger partial charge in [-0.15, -0.1) is 0 Å². The number of nitrogens with zero attached hydrogens (tertiary/aromatic N) is 3. The highest BCUT2D eigenvalue weighted by Gasteiger charge is 2.32. The maximum Gasteiger partial charge on any atom is 0.241 e. The normalized spacial score (nSPS) is 17.9. The second kappa shape index (κ2) is 12.5. The van der Waals surface area contributed by atoms with E-state index in [2.05, 4.69) is 40.5 Å². The fraction of sp³-hybridized carbons (Fsp3) is 0.303. The van der Waals surface area contributed by atoms with Crippen molar-refractivity contribution in [2.75, 3.05) is 55.3 Å². The number of aldehydes is 1. The van der Waals surface area contributed by atoms with Gasteiger partial charge in [0.25, 0.3) is 0 Å². The van der Waals surface area contributed by atoms with Crippen LogP contribution < -0.4 is 15.5 Å². The van der Waals surface area contributed by atoms with E-state index >= 15 is 0 Å². The van der Waals surface area contributed by atoms with Gasteiger partial charge in [-0.3, -0.25) is 19.3 Å². The zero-order valence-corrected chi connectivity index (χ0v) is 23.9. The number of hydrogen-bond acceptors (Lipinski definition) is 6. The molecule has 2 aliphatic rings. The average molecular weight is 552 g/mol. The van der Waals surface area contributed by atoms with E-state index in [4.69, 9.17) is 0 Å². The molecule has 212 valence electrons. The number of hydrogen-bond donors (Lipinski definition) is 2. The van der Waals surface area contributed by atoms with Crippen LogP contribution in [0.5, 0.6) is 0 Å². The van der Waals surface area contributed by atoms with Gasteiger partial charge in [0.2, 0.25) is 12.3 Å². The van der Waals surface area contributed by atoms with E-state index in [0.29, 0.717) is 24.2 Å². The molecule has 2 amide bonds. The molecule has 0 aromatic heterocycles. The van der Waals surface area contributed by atoms with Crippen molar-refractivity contribution in [1.82, 2.24) is 9.80 Å². The van der Waals surface area contributed by atoms with Crippen LogP contribution in [0.25, 0.3) is 11.3 Å². The lowest BCUT2D eigenvalue weighted by Crippen LogP contribution is -2.49. The van der Waals surface area contributed by atoms with Crippen molar-refractivity contribution >= 4 is 46.9 Å². The molecule has 0 saturated carbocycles. The Morgan fingerprint density at radius 2 is 1.73 bits per heavy atom. The highest BCUT2D eigenvalue weighted by atomic mass is 16.2. The van der Waals surface area contributed by atoms with Crippen molar-refractivity contribution in [3.05, 3.63) is 89.0 Å². The number of carbonyl (C=O) groups is 3. The third-order valence-corrected chi connectivity index (χ3v) is 8.02. The lowest BCUT2D eigenvalue weighted by atomic mass is 9.97. The maximum atomic E-state index is 13.4. The number of likely N-dealkylation sites (N-methyl/N-ethyl adjacent to an activating group) is 1. The first-order valence-electron chi connectivity index (χ1n) is 14.1. The summed E-state index contributed by atoms with van der Waals surface area (Å²) in [5.41, 5.74) is 7.67. The Morgan fingerprint density at radius 1 is 0.976 bits per heavy atom. The van der Waals surface area contributed by atoms with E-state index < -0.39 is 0 Å². The largest absolute Gasteiger partial charge is 0.355 e. The van der Waals surface area contributed by atoms with Crippen molar-refractivity contribution in [1.29, 1.82) is 0 Å². The van der Waals surface area contributed by atoms with Crippen molar-refractivity contribution in [3.63, 3.8) is 0 Å². The maximum absolute atomic E-state index is 13.4. The minimum atomic E-state index is 0.0967. The van der Waals surface area contributed by atoms with E-state index in [1.165, 1.54) is 0 Å². The Labute approximate surface area is 241 Å². The molecule has 0 aliphatic carbocycles. The predicted molar refractivity (Wildman–Crippen MR) is 165 cm³/mol. The van der Waals surface area contributed by atoms with Crippen LogP contribution in [0.15, 0.2) is 66.7 Å². The smallest absolute Gasteiger partial charge is 0.241 e. The highest BCUT2D eigenvalue weighted by molar-refractivity contribution is 6.01. The number of benzene rings is 3. The molecule has 8 heteroatoms. The average Bonchev–Trinajstić information content (AvgIpc) is 3.32. The van der Waals surface area contributed by atoms with Crippen LogP contribution in [-0.4, -0.2) is 74.2 Å². The highest BCUT2D eigenvalue weighted by Crippen LogP contribution is 2.37. The van der Waals surface area contributed by atoms with E-state index in [1.807, 2.05) is 60.4 Å². The third kappa shape index (κ3) is 6.24. The Morgan fingerprint density at radius 3 is 2.44 bits per heavy atom. The van der Waals surface area contributed by atoms with Gasteiger partial charge >= 0.3 is 0 Å². The van der Waals surface area contributed by atoms with Gasteiger partial charge in [-0.05, 0) is 68.3 Å². The number of rotatable bonds is 9. The summed E-state index contributed by atoms with van der Waals surface area (Å²) in [6.45, 7) is 8.34. The summed E-state index contributed by atoms with van der Waals surface area (Å²) < 4.78 is 0. The summed E-state index contributed by atoms with van der Waals surface area (Å²) in [4.78, 5) is 42.6. The molecular weight excluding hydrogens is 514 g/mol. The van der Waals surface area contributed by atoms with Crippen LogP contribution in [0, 0.1) is 0 Å². The number of allylic oxidation sites excluding steroid dienone is 1. The molecule has 3 aromatic rings. The summed E-state index contributed by atoms with van der Waals surface area (Å²) in [5, 5.41) is 6.37. The molecular formula is C33H37N5O3. The zero-order valence-electron chi connectivity index (χ0n) is 23.9. The van der Waals surface area contributed by atoms with Crippen LogP contribution in [0.2, 0.25) is 0 Å². The standard InChI is InChI=1S/C33H37N5O3/c1-23-17-27-19-28(10-12-31(27)38(23)32(41)20-37-15-13-36(3)14-16-37)35-33(26-7-5-4-6-8-26)24(2)29-11-9-25(21-39)18-30(29)34-22-40/h4-12,18-19,21-23,35H,13-17,20H2,1-3H3,(H,34,40)/b33-24+. The molecule has 2 heterocycles. The van der Waals surface area contributed by atoms with E-state index in [-0.39, 0.29) is 11.9 Å². The molecule has 0 spiro atoms. The quantitative estimate of drug-likeness (QED) is 0.299. The minimum absolute atomic E-state index is 0.0967. The molecule has 8 nitrogen and oxygen atoms in total. The molecule has 1 fully saturated rings. The summed E-state index contributed by atoms with van der Waals surface area (Å²) >= 11 is 0. The molecule has 0 radical (unpaired) electrons. The number of fused-ring (bicyclic) bond motifs is 1. The Bertz CT molecular complexity index is 1460. The molecule has 2 N–H and O–H groups in total. The van der Waals surface area contributed by atoms with Gasteiger partial charge in [-0.1, -0.05) is 42.5 Å². The third-order valence-electron chi connectivity index (χ3n) is 8.02. The second-order valence-electron chi connectivity index (χ2n) is 10.9. The lowest BCUT2D eigenvalue weighted by molar-refractivity contribution is -0.120. The van der Waals surface area contributed by atoms with Gasteiger partial charge in [0, 0.05) is 66.1 Å². The van der Waals surface area contributed by atoms with Crippen LogP contribution in [0.1, 0.15) is 40.9 Å². The number of carbonyl (C=O) groups excluding carboxylic acids is 3. The van der Waals surface area contributed by atoms with Crippen LogP contribution in [0.3, 0.4) is 0 Å². The van der Waals surface area contributed by atoms with E-state index in [0.717, 1.165) is 78.2 Å². The van der Waals surface area contributed by atoms with Gasteiger partial charge in [0.15, 0.2) is 0 Å². The van der Waals surface area contributed by atoms with Gasteiger partial charge in [0.1, 0.15) is 6.29 Å². The minimum Gasteiger partial charge on any atom is -0.355 e. The fourth-order valence-electron chi connectivity index (χ4n) is 5.77. The van der Waals surface area contributed by atoms with Gasteiger partial charge in [-0.25, -0.2) is 0 Å². The summed E-state index contributed by atoms with van der Waals surface area (Å²) in [6.07, 6.45) is 2.18. The topological polar surface area (TPSA) is 85.0 Å². The van der Waals surface area contributed by atoms with Gasteiger partial charge < -0.3 is 20.4 Å². The van der Waals surface area contributed by atoms with Crippen LogP contribution >= 0.6 is 0 Å². The van der Waals surface area contributed by atoms with E-state index in [1.54, 1.807) is 12.1 Å². The predicted octanol–water partition coefficient (Wildman–Crippen LogP) is 4.59.